The van der Waals surface area contributed by atoms with Crippen LogP contribution in [0.25, 0.3) is 0 Å². The highest BCUT2D eigenvalue weighted by atomic mass is 16.2. The van der Waals surface area contributed by atoms with Crippen LogP contribution < -0.4 is 0 Å². The van der Waals surface area contributed by atoms with Gasteiger partial charge in [0, 0.05) is 13.1 Å². The second-order valence-corrected chi connectivity index (χ2v) is 5.07. The summed E-state index contributed by atoms with van der Waals surface area (Å²) in [5.74, 6) is 0.224. The molecule has 106 valence electrons. The van der Waals surface area contributed by atoms with Crippen molar-refractivity contribution in [1.29, 1.82) is 0 Å². The van der Waals surface area contributed by atoms with Gasteiger partial charge in [0.1, 0.15) is 0 Å². The molecule has 0 saturated carbocycles. The predicted octanol–water partition coefficient (Wildman–Crippen LogP) is 2.59. The molecule has 0 spiro atoms. The highest BCUT2D eigenvalue weighted by molar-refractivity contribution is 5.83. The van der Waals surface area contributed by atoms with Crippen LogP contribution in [-0.2, 0) is 4.79 Å². The number of likely N-dealkylation sites (N-methyl/N-ethyl adjacent to an activating group) is 1. The molecule has 0 radical (unpaired) electrons. The molecule has 0 N–H and O–H groups in total. The molecular weight excluding hydrogens is 236 g/mol. The summed E-state index contributed by atoms with van der Waals surface area (Å²) < 4.78 is 0. The van der Waals surface area contributed by atoms with Gasteiger partial charge in [0.2, 0.25) is 5.91 Å². The average molecular weight is 262 g/mol. The molecule has 1 unspecified atom stereocenters. The van der Waals surface area contributed by atoms with Crippen LogP contribution in [0.1, 0.15) is 31.7 Å². The van der Waals surface area contributed by atoms with E-state index in [2.05, 4.69) is 17.0 Å². The summed E-state index contributed by atoms with van der Waals surface area (Å²) in [4.78, 5) is 16.7. The van der Waals surface area contributed by atoms with Gasteiger partial charge in [-0.25, -0.2) is 0 Å². The fraction of sp³-hybridized carbons (Fsp3) is 0.562. The highest BCUT2D eigenvalue weighted by Gasteiger charge is 2.24. The third-order valence-corrected chi connectivity index (χ3v) is 3.44. The zero-order chi connectivity index (χ0) is 14.3. The Balaban J connectivity index is 2.89. The standard InChI is InChI=1S/C16H26N2O/c1-5-18(6-2)16(19)15(12-13-17(3)4)14-10-8-7-9-11-14/h7-11,15H,5-6,12-13H2,1-4H3. The number of rotatable bonds is 7. The van der Waals surface area contributed by atoms with Gasteiger partial charge in [0.25, 0.3) is 0 Å². The first kappa shape index (κ1) is 15.7. The fourth-order valence-corrected chi connectivity index (χ4v) is 2.26. The quantitative estimate of drug-likeness (QED) is 0.754. The fourth-order valence-electron chi connectivity index (χ4n) is 2.26. The van der Waals surface area contributed by atoms with Crippen molar-refractivity contribution >= 4 is 5.91 Å². The average Bonchev–Trinajstić information content (AvgIpc) is 2.41. The molecule has 0 aliphatic heterocycles. The first-order valence-corrected chi connectivity index (χ1v) is 7.08. The molecule has 1 rings (SSSR count). The molecule has 0 aliphatic rings. The van der Waals surface area contributed by atoms with Crippen molar-refractivity contribution in [2.75, 3.05) is 33.7 Å². The summed E-state index contributed by atoms with van der Waals surface area (Å²) in [6.07, 6.45) is 0.867. The molecule has 1 aromatic rings. The van der Waals surface area contributed by atoms with Crippen LogP contribution in [0.3, 0.4) is 0 Å². The normalized spacial score (nSPS) is 12.5. The molecule has 0 aliphatic carbocycles. The van der Waals surface area contributed by atoms with E-state index in [-0.39, 0.29) is 11.8 Å². The Morgan fingerprint density at radius 2 is 1.68 bits per heavy atom. The van der Waals surface area contributed by atoms with Crippen molar-refractivity contribution in [2.45, 2.75) is 26.2 Å². The van der Waals surface area contributed by atoms with Gasteiger partial charge in [-0.1, -0.05) is 30.3 Å². The minimum atomic E-state index is -0.0245. The zero-order valence-electron chi connectivity index (χ0n) is 12.6. The smallest absolute Gasteiger partial charge is 0.230 e. The molecule has 3 heteroatoms. The summed E-state index contributed by atoms with van der Waals surface area (Å²) >= 11 is 0. The van der Waals surface area contributed by atoms with E-state index >= 15 is 0 Å². The SMILES string of the molecule is CCN(CC)C(=O)C(CCN(C)C)c1ccccc1. The van der Waals surface area contributed by atoms with E-state index in [4.69, 9.17) is 0 Å². The van der Waals surface area contributed by atoms with Gasteiger partial charge in [-0.15, -0.1) is 0 Å². The van der Waals surface area contributed by atoms with Crippen LogP contribution in [0.4, 0.5) is 0 Å². The molecule has 0 bridgehead atoms. The van der Waals surface area contributed by atoms with Gasteiger partial charge < -0.3 is 9.80 Å². The van der Waals surface area contributed by atoms with Crippen LogP contribution in [0.15, 0.2) is 30.3 Å². The molecule has 3 nitrogen and oxygen atoms in total. The number of hydrogen-bond donors (Lipinski definition) is 0. The zero-order valence-corrected chi connectivity index (χ0v) is 12.6. The van der Waals surface area contributed by atoms with Crippen LogP contribution >= 0.6 is 0 Å². The van der Waals surface area contributed by atoms with Crippen molar-refractivity contribution in [3.8, 4) is 0 Å². The first-order chi connectivity index (χ1) is 9.10. The Bertz CT molecular complexity index is 372. The Morgan fingerprint density at radius 3 is 2.16 bits per heavy atom. The van der Waals surface area contributed by atoms with Crippen molar-refractivity contribution in [1.82, 2.24) is 9.80 Å². The van der Waals surface area contributed by atoms with Crippen LogP contribution in [0.2, 0.25) is 0 Å². The number of carbonyl (C=O) groups excluding carboxylic acids is 1. The molecule has 0 fully saturated rings. The number of hydrogen-bond acceptors (Lipinski definition) is 2. The van der Waals surface area contributed by atoms with Crippen molar-refractivity contribution in [2.24, 2.45) is 0 Å². The molecule has 1 amide bonds. The van der Waals surface area contributed by atoms with E-state index in [0.717, 1.165) is 31.6 Å². The van der Waals surface area contributed by atoms with Crippen LogP contribution in [0, 0.1) is 0 Å². The summed E-state index contributed by atoms with van der Waals surface area (Å²) in [6, 6.07) is 10.1. The number of amides is 1. The van der Waals surface area contributed by atoms with Crippen molar-refractivity contribution < 1.29 is 4.79 Å². The van der Waals surface area contributed by atoms with Gasteiger partial charge >= 0.3 is 0 Å². The number of benzene rings is 1. The van der Waals surface area contributed by atoms with Gasteiger partial charge in [-0.3, -0.25) is 4.79 Å². The van der Waals surface area contributed by atoms with E-state index in [0.29, 0.717) is 0 Å². The van der Waals surface area contributed by atoms with E-state index in [1.54, 1.807) is 0 Å². The molecule has 0 saturated heterocycles. The maximum atomic E-state index is 12.6. The third kappa shape index (κ3) is 4.67. The minimum absolute atomic E-state index is 0.0245. The Labute approximate surface area is 117 Å². The van der Waals surface area contributed by atoms with E-state index in [1.807, 2.05) is 51.0 Å². The van der Waals surface area contributed by atoms with Gasteiger partial charge in [-0.2, -0.15) is 0 Å². The monoisotopic (exact) mass is 262 g/mol. The largest absolute Gasteiger partial charge is 0.343 e. The summed E-state index contributed by atoms with van der Waals surface area (Å²) in [5.41, 5.74) is 1.13. The van der Waals surface area contributed by atoms with Crippen LogP contribution in [0.5, 0.6) is 0 Å². The summed E-state index contributed by atoms with van der Waals surface area (Å²) in [7, 11) is 4.09. The summed E-state index contributed by atoms with van der Waals surface area (Å²) in [6.45, 7) is 6.55. The molecule has 0 aromatic heterocycles. The van der Waals surface area contributed by atoms with Crippen molar-refractivity contribution in [3.05, 3.63) is 35.9 Å². The lowest BCUT2D eigenvalue weighted by Gasteiger charge is -2.26. The second-order valence-electron chi connectivity index (χ2n) is 5.07. The lowest BCUT2D eigenvalue weighted by atomic mass is 9.94. The lowest BCUT2D eigenvalue weighted by molar-refractivity contribution is -0.132. The molecule has 1 aromatic carbocycles. The van der Waals surface area contributed by atoms with Gasteiger partial charge in [0.15, 0.2) is 0 Å². The molecule has 19 heavy (non-hydrogen) atoms. The lowest BCUT2D eigenvalue weighted by Crippen LogP contribution is -2.36. The van der Waals surface area contributed by atoms with E-state index < -0.39 is 0 Å². The number of carbonyl (C=O) groups is 1. The van der Waals surface area contributed by atoms with Gasteiger partial charge in [-0.05, 0) is 46.5 Å². The summed E-state index contributed by atoms with van der Waals surface area (Å²) in [5, 5.41) is 0. The van der Waals surface area contributed by atoms with Gasteiger partial charge in [0.05, 0.1) is 5.92 Å². The van der Waals surface area contributed by atoms with E-state index in [9.17, 15) is 4.79 Å². The van der Waals surface area contributed by atoms with E-state index in [1.165, 1.54) is 0 Å². The number of nitrogens with zero attached hydrogens (tertiary/aromatic N) is 2. The second kappa shape index (κ2) is 7.95. The molecular formula is C16H26N2O. The highest BCUT2D eigenvalue weighted by Crippen LogP contribution is 2.22. The maximum Gasteiger partial charge on any atom is 0.230 e. The molecule has 0 heterocycles. The molecule has 1 atom stereocenters. The van der Waals surface area contributed by atoms with Crippen molar-refractivity contribution in [3.63, 3.8) is 0 Å². The minimum Gasteiger partial charge on any atom is -0.343 e. The third-order valence-electron chi connectivity index (χ3n) is 3.44. The predicted molar refractivity (Wildman–Crippen MR) is 80.3 cm³/mol. The van der Waals surface area contributed by atoms with Crippen LogP contribution in [-0.4, -0.2) is 49.4 Å². The topological polar surface area (TPSA) is 23.6 Å². The maximum absolute atomic E-state index is 12.6. The Morgan fingerprint density at radius 1 is 1.11 bits per heavy atom. The Hall–Kier alpha value is -1.35. The first-order valence-electron chi connectivity index (χ1n) is 7.08. The Kier molecular flexibility index (Phi) is 6.57.